The van der Waals surface area contributed by atoms with E-state index in [1.165, 1.54) is 12.1 Å². The van der Waals surface area contributed by atoms with Gasteiger partial charge in [-0.15, -0.1) is 0 Å². The van der Waals surface area contributed by atoms with Gasteiger partial charge < -0.3 is 5.11 Å². The van der Waals surface area contributed by atoms with Crippen molar-refractivity contribution in [2.45, 2.75) is 17.4 Å². The maximum atomic E-state index is 12.1. The molecule has 1 aromatic carbocycles. The van der Waals surface area contributed by atoms with E-state index in [4.69, 9.17) is 16.7 Å². The first-order chi connectivity index (χ1) is 8.04. The highest BCUT2D eigenvalue weighted by molar-refractivity contribution is 7.83. The molecule has 0 heterocycles. The largest absolute Gasteiger partial charge is 0.480 e. The molecule has 0 aliphatic heterocycles. The summed E-state index contributed by atoms with van der Waals surface area (Å²) in [6, 6.07) is 4.94. The van der Waals surface area contributed by atoms with Crippen LogP contribution in [-0.2, 0) is 15.8 Å². The number of alkyl halides is 1. The molecule has 0 bridgehead atoms. The van der Waals surface area contributed by atoms with Gasteiger partial charge in [0.15, 0.2) is 0 Å². The van der Waals surface area contributed by atoms with Crippen molar-refractivity contribution in [3.63, 3.8) is 0 Å². The van der Waals surface area contributed by atoms with Crippen molar-refractivity contribution in [2.24, 2.45) is 0 Å². The van der Waals surface area contributed by atoms with Gasteiger partial charge in [0, 0.05) is 11.4 Å². The molecule has 0 aliphatic carbocycles. The van der Waals surface area contributed by atoms with E-state index in [1.54, 1.807) is 12.1 Å². The molecule has 1 unspecified atom stereocenters. The quantitative estimate of drug-likeness (QED) is 0.834. The molecule has 0 amide bonds. The SMILES string of the molecule is O=C(O)[C@@H](CCF)NS(=O)c1ccc(Cl)cc1. The van der Waals surface area contributed by atoms with E-state index in [2.05, 4.69) is 4.72 Å². The van der Waals surface area contributed by atoms with Gasteiger partial charge in [-0.1, -0.05) is 11.6 Å². The summed E-state index contributed by atoms with van der Waals surface area (Å²) in [6.45, 7) is -0.790. The van der Waals surface area contributed by atoms with Gasteiger partial charge in [0.2, 0.25) is 0 Å². The van der Waals surface area contributed by atoms with Crippen molar-refractivity contribution >= 4 is 28.6 Å². The lowest BCUT2D eigenvalue weighted by atomic mass is 10.2. The fourth-order valence-electron chi connectivity index (χ4n) is 1.10. The van der Waals surface area contributed by atoms with Gasteiger partial charge in [-0.2, -0.15) is 0 Å². The molecular formula is C10H11ClFNO3S. The van der Waals surface area contributed by atoms with Gasteiger partial charge in [-0.3, -0.25) is 9.18 Å². The molecule has 17 heavy (non-hydrogen) atoms. The van der Waals surface area contributed by atoms with Crippen LogP contribution in [0.25, 0.3) is 0 Å². The Morgan fingerprint density at radius 2 is 2.06 bits per heavy atom. The van der Waals surface area contributed by atoms with Crippen LogP contribution >= 0.6 is 11.6 Å². The molecule has 2 atom stereocenters. The van der Waals surface area contributed by atoms with Crippen molar-refractivity contribution in [3.8, 4) is 0 Å². The number of aliphatic carboxylic acids is 1. The zero-order valence-corrected chi connectivity index (χ0v) is 10.3. The highest BCUT2D eigenvalue weighted by Crippen LogP contribution is 2.12. The number of rotatable bonds is 6. The summed E-state index contributed by atoms with van der Waals surface area (Å²) in [6.07, 6.45) is -0.228. The van der Waals surface area contributed by atoms with E-state index in [0.717, 1.165) is 0 Å². The standard InChI is InChI=1S/C10H11ClFNO3S/c11-7-1-3-8(4-2-7)17(16)13-9(5-6-12)10(14)15/h1-4,9,13H,5-6H2,(H,14,15)/t9-,17?/m1/s1. The first kappa shape index (κ1) is 14.1. The van der Waals surface area contributed by atoms with E-state index in [0.29, 0.717) is 9.92 Å². The summed E-state index contributed by atoms with van der Waals surface area (Å²) < 4.78 is 26.1. The van der Waals surface area contributed by atoms with Crippen LogP contribution in [0.2, 0.25) is 5.02 Å². The monoisotopic (exact) mass is 279 g/mol. The lowest BCUT2D eigenvalue weighted by Crippen LogP contribution is -2.38. The third kappa shape index (κ3) is 4.41. The Hall–Kier alpha value is -0.980. The third-order valence-corrected chi connectivity index (χ3v) is 3.42. The summed E-state index contributed by atoms with van der Waals surface area (Å²) in [5.41, 5.74) is 0. The van der Waals surface area contributed by atoms with Crippen LogP contribution in [0.1, 0.15) is 6.42 Å². The molecule has 0 spiro atoms. The number of carbonyl (C=O) groups is 1. The minimum Gasteiger partial charge on any atom is -0.480 e. The predicted octanol–water partition coefficient (Wildman–Crippen LogP) is 1.76. The van der Waals surface area contributed by atoms with Gasteiger partial charge >= 0.3 is 5.97 Å². The van der Waals surface area contributed by atoms with Gasteiger partial charge in [0.1, 0.15) is 17.0 Å². The molecule has 0 aromatic heterocycles. The zero-order chi connectivity index (χ0) is 12.8. The van der Waals surface area contributed by atoms with Gasteiger partial charge in [0.25, 0.3) is 0 Å². The van der Waals surface area contributed by atoms with Crippen LogP contribution in [0, 0.1) is 0 Å². The second-order valence-electron chi connectivity index (χ2n) is 3.21. The van der Waals surface area contributed by atoms with E-state index in [1.807, 2.05) is 0 Å². The molecular weight excluding hydrogens is 269 g/mol. The van der Waals surface area contributed by atoms with Crippen molar-refractivity contribution in [1.82, 2.24) is 4.72 Å². The topological polar surface area (TPSA) is 66.4 Å². The fourth-order valence-corrected chi connectivity index (χ4v) is 2.22. The van der Waals surface area contributed by atoms with Crippen LogP contribution in [0.15, 0.2) is 29.2 Å². The Labute approximate surface area is 105 Å². The fraction of sp³-hybridized carbons (Fsp3) is 0.300. The first-order valence-corrected chi connectivity index (χ1v) is 6.29. The number of benzene rings is 1. The maximum Gasteiger partial charge on any atom is 0.321 e. The van der Waals surface area contributed by atoms with E-state index < -0.39 is 29.7 Å². The maximum absolute atomic E-state index is 12.1. The normalized spacial score (nSPS) is 14.2. The Balaban J connectivity index is 2.70. The van der Waals surface area contributed by atoms with E-state index in [9.17, 15) is 13.4 Å². The van der Waals surface area contributed by atoms with E-state index >= 15 is 0 Å². The molecule has 0 fully saturated rings. The van der Waals surface area contributed by atoms with E-state index in [-0.39, 0.29) is 6.42 Å². The van der Waals surface area contributed by atoms with Crippen LogP contribution in [0.5, 0.6) is 0 Å². The van der Waals surface area contributed by atoms with Crippen molar-refractivity contribution in [3.05, 3.63) is 29.3 Å². The van der Waals surface area contributed by atoms with Gasteiger partial charge in [-0.05, 0) is 24.3 Å². The number of carboxylic acid groups (broad SMARTS) is 1. The molecule has 0 radical (unpaired) electrons. The zero-order valence-electron chi connectivity index (χ0n) is 8.73. The molecule has 1 rings (SSSR count). The second kappa shape index (κ2) is 6.68. The second-order valence-corrected chi connectivity index (χ2v) is 4.89. The molecule has 0 saturated carbocycles. The summed E-state index contributed by atoms with van der Waals surface area (Å²) in [7, 11) is -1.70. The minimum absolute atomic E-state index is 0.228. The molecule has 1 aromatic rings. The average Bonchev–Trinajstić information content (AvgIpc) is 2.29. The first-order valence-electron chi connectivity index (χ1n) is 4.77. The van der Waals surface area contributed by atoms with Crippen molar-refractivity contribution < 1.29 is 18.5 Å². The Morgan fingerprint density at radius 3 is 2.53 bits per heavy atom. The molecule has 0 saturated heterocycles. The highest BCUT2D eigenvalue weighted by Gasteiger charge is 2.19. The van der Waals surface area contributed by atoms with Crippen molar-refractivity contribution in [2.75, 3.05) is 6.67 Å². The molecule has 94 valence electrons. The molecule has 4 nitrogen and oxygen atoms in total. The number of hydrogen-bond donors (Lipinski definition) is 2. The summed E-state index contributed by atoms with van der Waals surface area (Å²) in [5, 5.41) is 9.25. The number of halogens is 2. The van der Waals surface area contributed by atoms with Crippen LogP contribution in [0.3, 0.4) is 0 Å². The predicted molar refractivity (Wildman–Crippen MR) is 63.0 cm³/mol. The summed E-state index contributed by atoms with van der Waals surface area (Å²) in [5.74, 6) is -1.23. The Kier molecular flexibility index (Phi) is 5.54. The highest BCUT2D eigenvalue weighted by atomic mass is 35.5. The smallest absolute Gasteiger partial charge is 0.321 e. The number of carboxylic acids is 1. The Morgan fingerprint density at radius 1 is 1.47 bits per heavy atom. The van der Waals surface area contributed by atoms with Crippen LogP contribution in [-0.4, -0.2) is 28.0 Å². The molecule has 7 heteroatoms. The number of hydrogen-bond acceptors (Lipinski definition) is 2. The third-order valence-electron chi connectivity index (χ3n) is 1.97. The Bertz CT molecular complexity index is 413. The average molecular weight is 280 g/mol. The summed E-state index contributed by atoms with van der Waals surface area (Å²) in [4.78, 5) is 11.1. The van der Waals surface area contributed by atoms with Crippen LogP contribution < -0.4 is 4.72 Å². The van der Waals surface area contributed by atoms with Crippen LogP contribution in [0.4, 0.5) is 4.39 Å². The number of nitrogens with one attached hydrogen (secondary N) is 1. The molecule has 2 N–H and O–H groups in total. The lowest BCUT2D eigenvalue weighted by Gasteiger charge is -2.11. The lowest BCUT2D eigenvalue weighted by molar-refractivity contribution is -0.139. The van der Waals surface area contributed by atoms with Gasteiger partial charge in [-0.25, -0.2) is 8.93 Å². The van der Waals surface area contributed by atoms with Gasteiger partial charge in [0.05, 0.1) is 11.6 Å². The van der Waals surface area contributed by atoms with Crippen molar-refractivity contribution in [1.29, 1.82) is 0 Å². The summed E-state index contributed by atoms with van der Waals surface area (Å²) >= 11 is 5.66. The minimum atomic E-state index is -1.70. The molecule has 0 aliphatic rings.